The summed E-state index contributed by atoms with van der Waals surface area (Å²) < 4.78 is 37.6. The molecule has 0 saturated heterocycles. The molecule has 0 aliphatic carbocycles. The fourth-order valence-electron chi connectivity index (χ4n) is 3.99. The van der Waals surface area contributed by atoms with Crippen molar-refractivity contribution < 1.29 is 13.2 Å². The van der Waals surface area contributed by atoms with Crippen molar-refractivity contribution in [2.45, 2.75) is 23.9 Å². The van der Waals surface area contributed by atoms with Crippen molar-refractivity contribution >= 4 is 38.7 Å². The molecule has 3 aromatic carbocycles. The third kappa shape index (κ3) is 3.90. The SMILES string of the molecule is O=C(C(NS(=O)(=O)c1cccc2nsnc12)c1ccccc1)N1CCc2ccccc2C1. The van der Waals surface area contributed by atoms with Gasteiger partial charge in [-0.2, -0.15) is 13.5 Å². The van der Waals surface area contributed by atoms with Crippen molar-refractivity contribution in [3.05, 3.63) is 89.5 Å². The topological polar surface area (TPSA) is 92.3 Å². The predicted molar refractivity (Wildman–Crippen MR) is 122 cm³/mol. The molecule has 1 aliphatic rings. The van der Waals surface area contributed by atoms with Gasteiger partial charge in [0.05, 0.1) is 11.7 Å². The highest BCUT2D eigenvalue weighted by Gasteiger charge is 2.33. The standard InChI is InChI=1S/C23H20N4O3S2/c28-23(27-14-13-16-7-4-5-10-18(16)15-27)21(17-8-2-1-3-9-17)26-32(29,30)20-12-6-11-19-22(20)25-31-24-19/h1-12,21,26H,13-15H2. The van der Waals surface area contributed by atoms with Gasteiger partial charge in [0.2, 0.25) is 15.9 Å². The molecule has 9 heteroatoms. The lowest BCUT2D eigenvalue weighted by atomic mass is 9.98. The van der Waals surface area contributed by atoms with E-state index in [1.54, 1.807) is 41.3 Å². The van der Waals surface area contributed by atoms with Crippen LogP contribution in [0.4, 0.5) is 0 Å². The number of rotatable bonds is 5. The Bertz CT molecular complexity index is 1390. The summed E-state index contributed by atoms with van der Waals surface area (Å²) in [5.41, 5.74) is 3.70. The Labute approximate surface area is 190 Å². The number of carbonyl (C=O) groups is 1. The van der Waals surface area contributed by atoms with Gasteiger partial charge in [-0.05, 0) is 35.2 Å². The van der Waals surface area contributed by atoms with Gasteiger partial charge in [-0.1, -0.05) is 60.7 Å². The third-order valence-corrected chi connectivity index (χ3v) is 7.63. The minimum Gasteiger partial charge on any atom is -0.336 e. The van der Waals surface area contributed by atoms with Gasteiger partial charge in [0.1, 0.15) is 22.0 Å². The minimum atomic E-state index is -4.04. The molecule has 32 heavy (non-hydrogen) atoms. The van der Waals surface area contributed by atoms with Crippen molar-refractivity contribution in [1.82, 2.24) is 18.4 Å². The number of benzene rings is 3. The van der Waals surface area contributed by atoms with Gasteiger partial charge in [0.15, 0.2) is 0 Å². The van der Waals surface area contributed by atoms with Crippen LogP contribution in [0.2, 0.25) is 0 Å². The van der Waals surface area contributed by atoms with Crippen LogP contribution in [0.15, 0.2) is 77.7 Å². The number of nitrogens with zero attached hydrogens (tertiary/aromatic N) is 3. The van der Waals surface area contributed by atoms with Crippen LogP contribution in [0.3, 0.4) is 0 Å². The van der Waals surface area contributed by atoms with E-state index >= 15 is 0 Å². The van der Waals surface area contributed by atoms with Gasteiger partial charge in [-0.25, -0.2) is 8.42 Å². The van der Waals surface area contributed by atoms with E-state index in [2.05, 4.69) is 19.5 Å². The van der Waals surface area contributed by atoms with Crippen molar-refractivity contribution in [1.29, 1.82) is 0 Å². The highest BCUT2D eigenvalue weighted by Crippen LogP contribution is 2.26. The highest BCUT2D eigenvalue weighted by atomic mass is 32.2. The number of hydrogen-bond acceptors (Lipinski definition) is 6. The second-order valence-corrected chi connectivity index (χ2v) is 9.84. The Hall–Kier alpha value is -3.14. The summed E-state index contributed by atoms with van der Waals surface area (Å²) in [5.74, 6) is -0.280. The molecule has 0 fully saturated rings. The number of aromatic nitrogens is 2. The molecule has 162 valence electrons. The second kappa shape index (κ2) is 8.42. The van der Waals surface area contributed by atoms with E-state index in [1.165, 1.54) is 11.6 Å². The molecular formula is C23H20N4O3S2. The first-order valence-electron chi connectivity index (χ1n) is 10.2. The summed E-state index contributed by atoms with van der Waals surface area (Å²) >= 11 is 0.954. The summed E-state index contributed by atoms with van der Waals surface area (Å²) in [6.07, 6.45) is 0.736. The van der Waals surface area contributed by atoms with E-state index < -0.39 is 16.1 Å². The first kappa shape index (κ1) is 20.7. The highest BCUT2D eigenvalue weighted by molar-refractivity contribution is 7.89. The van der Waals surface area contributed by atoms with Gasteiger partial charge >= 0.3 is 0 Å². The van der Waals surface area contributed by atoms with Gasteiger partial charge in [0.25, 0.3) is 0 Å². The molecule has 1 aromatic heterocycles. The number of carbonyl (C=O) groups excluding carboxylic acids is 1. The Morgan fingerprint density at radius 2 is 1.69 bits per heavy atom. The van der Waals surface area contributed by atoms with E-state index in [0.717, 1.165) is 23.7 Å². The van der Waals surface area contributed by atoms with Gasteiger partial charge in [0, 0.05) is 13.1 Å². The van der Waals surface area contributed by atoms with Gasteiger partial charge < -0.3 is 4.90 Å². The summed E-state index contributed by atoms with van der Waals surface area (Å²) in [6.45, 7) is 0.984. The van der Waals surface area contributed by atoms with Crippen LogP contribution in [-0.2, 0) is 27.8 Å². The van der Waals surface area contributed by atoms with Crippen molar-refractivity contribution in [3.8, 4) is 0 Å². The molecule has 5 rings (SSSR count). The molecule has 1 atom stereocenters. The third-order valence-electron chi connectivity index (χ3n) is 5.63. The second-order valence-electron chi connectivity index (χ2n) is 7.63. The zero-order chi connectivity index (χ0) is 22.1. The van der Waals surface area contributed by atoms with Crippen LogP contribution in [0, 0.1) is 0 Å². The fourth-order valence-corrected chi connectivity index (χ4v) is 5.93. The first-order valence-corrected chi connectivity index (χ1v) is 12.4. The summed E-state index contributed by atoms with van der Waals surface area (Å²) in [6, 6.07) is 20.7. The van der Waals surface area contributed by atoms with Gasteiger partial charge in [-0.15, -0.1) is 0 Å². The molecule has 2 heterocycles. The lowest BCUT2D eigenvalue weighted by Gasteiger charge is -2.32. The molecule has 0 radical (unpaired) electrons. The molecule has 4 aromatic rings. The quantitative estimate of drug-likeness (QED) is 0.489. The van der Waals surface area contributed by atoms with Crippen LogP contribution >= 0.6 is 11.7 Å². The maximum absolute atomic E-state index is 13.6. The molecule has 1 amide bonds. The zero-order valence-corrected chi connectivity index (χ0v) is 18.6. The largest absolute Gasteiger partial charge is 0.336 e. The van der Waals surface area contributed by atoms with Crippen LogP contribution in [-0.4, -0.2) is 34.5 Å². The molecular weight excluding hydrogens is 444 g/mol. The average Bonchev–Trinajstić information content (AvgIpc) is 3.31. The fraction of sp³-hybridized carbons (Fsp3) is 0.174. The van der Waals surface area contributed by atoms with E-state index in [1.807, 2.05) is 24.3 Å². The minimum absolute atomic E-state index is 0.0153. The predicted octanol–water partition coefficient (Wildman–Crippen LogP) is 3.30. The van der Waals surface area contributed by atoms with E-state index in [9.17, 15) is 13.2 Å². The molecule has 1 unspecified atom stereocenters. The van der Waals surface area contributed by atoms with E-state index in [4.69, 9.17) is 0 Å². The lowest BCUT2D eigenvalue weighted by molar-refractivity contribution is -0.134. The van der Waals surface area contributed by atoms with Crippen LogP contribution in [0.1, 0.15) is 22.7 Å². The van der Waals surface area contributed by atoms with Crippen LogP contribution < -0.4 is 4.72 Å². The zero-order valence-electron chi connectivity index (χ0n) is 17.0. The monoisotopic (exact) mass is 464 g/mol. The maximum Gasteiger partial charge on any atom is 0.245 e. The van der Waals surface area contributed by atoms with Gasteiger partial charge in [-0.3, -0.25) is 4.79 Å². The smallest absolute Gasteiger partial charge is 0.245 e. The van der Waals surface area contributed by atoms with Crippen molar-refractivity contribution in [2.24, 2.45) is 0 Å². The lowest BCUT2D eigenvalue weighted by Crippen LogP contribution is -2.44. The van der Waals surface area contributed by atoms with E-state index in [0.29, 0.717) is 29.7 Å². The molecule has 7 nitrogen and oxygen atoms in total. The summed E-state index contributed by atoms with van der Waals surface area (Å²) in [4.78, 5) is 15.3. The van der Waals surface area contributed by atoms with Crippen molar-refractivity contribution in [3.63, 3.8) is 0 Å². The van der Waals surface area contributed by atoms with E-state index in [-0.39, 0.29) is 10.8 Å². The summed E-state index contributed by atoms with van der Waals surface area (Å²) in [7, 11) is -4.04. The van der Waals surface area contributed by atoms with Crippen LogP contribution in [0.25, 0.3) is 11.0 Å². The Morgan fingerprint density at radius 1 is 0.938 bits per heavy atom. The number of amides is 1. The number of hydrogen-bond donors (Lipinski definition) is 1. The van der Waals surface area contributed by atoms with Crippen molar-refractivity contribution in [2.75, 3.05) is 6.54 Å². The molecule has 0 spiro atoms. The summed E-state index contributed by atoms with van der Waals surface area (Å²) in [5, 5.41) is 0. The average molecular weight is 465 g/mol. The molecule has 0 saturated carbocycles. The van der Waals surface area contributed by atoms with Crippen LogP contribution in [0.5, 0.6) is 0 Å². The number of nitrogens with one attached hydrogen (secondary N) is 1. The first-order chi connectivity index (χ1) is 15.5. The molecule has 1 aliphatic heterocycles. The maximum atomic E-state index is 13.6. The molecule has 0 bridgehead atoms. The Morgan fingerprint density at radius 3 is 2.50 bits per heavy atom. The number of sulfonamides is 1. The normalized spacial score (nSPS) is 14.8. The number of fused-ring (bicyclic) bond motifs is 2. The molecule has 1 N–H and O–H groups in total. The Kier molecular flexibility index (Phi) is 5.46. The Balaban J connectivity index is 1.50.